The Hall–Kier alpha value is -3.13. The summed E-state index contributed by atoms with van der Waals surface area (Å²) in [6.07, 6.45) is 5.13. The van der Waals surface area contributed by atoms with Crippen LogP contribution in [0.3, 0.4) is 0 Å². The number of benzene rings is 1. The maximum absolute atomic E-state index is 12.9. The number of carbonyl (C=O) groups excluding carboxylic acids is 2. The predicted molar refractivity (Wildman–Crippen MR) is 130 cm³/mol. The summed E-state index contributed by atoms with van der Waals surface area (Å²) in [7, 11) is 0. The molecular weight excluding hydrogens is 444 g/mol. The fraction of sp³-hybridized carbons (Fsp3) is 0.519. The number of nitrogens with one attached hydrogen (secondary N) is 2. The quantitative estimate of drug-likeness (QED) is 0.501. The summed E-state index contributed by atoms with van der Waals surface area (Å²) in [5.41, 5.74) is 8.75. The normalized spacial score (nSPS) is 29.0. The smallest absolute Gasteiger partial charge is 0.261 e. The van der Waals surface area contributed by atoms with Gasteiger partial charge in [-0.2, -0.15) is 0 Å². The number of H-pyrrole nitrogens is 1. The van der Waals surface area contributed by atoms with Crippen LogP contribution >= 0.6 is 0 Å². The predicted octanol–water partition coefficient (Wildman–Crippen LogP) is 1.37. The highest BCUT2D eigenvalue weighted by atomic mass is 16.3. The second kappa shape index (κ2) is 7.95. The highest BCUT2D eigenvalue weighted by molar-refractivity contribution is 5.96. The van der Waals surface area contributed by atoms with Crippen LogP contribution in [0.5, 0.6) is 5.75 Å². The lowest BCUT2D eigenvalue weighted by Gasteiger charge is -2.49. The molecule has 4 atom stereocenters. The lowest BCUT2D eigenvalue weighted by molar-refractivity contribution is -0.117. The number of carbonyl (C=O) groups is 2. The van der Waals surface area contributed by atoms with Crippen molar-refractivity contribution in [3.63, 3.8) is 0 Å². The molecular formula is C27H32N4O4. The van der Waals surface area contributed by atoms with Crippen molar-refractivity contribution in [2.24, 2.45) is 23.5 Å². The molecule has 2 heterocycles. The Bertz CT molecular complexity index is 1280. The minimum Gasteiger partial charge on any atom is -0.508 e. The van der Waals surface area contributed by atoms with E-state index in [2.05, 4.69) is 22.1 Å². The number of pyridine rings is 1. The van der Waals surface area contributed by atoms with Gasteiger partial charge in [0, 0.05) is 30.2 Å². The SMILES string of the molecule is Cc1ccc(O)cc1[C@@]12Cc3[nH]c(=O)c(C(=O)NCC(N)=O)cc3C[C@H]1[C@H]1C(CN1CC1CC1)C2. The average molecular weight is 477 g/mol. The van der Waals surface area contributed by atoms with Gasteiger partial charge >= 0.3 is 0 Å². The van der Waals surface area contributed by atoms with Crippen LogP contribution < -0.4 is 16.6 Å². The van der Waals surface area contributed by atoms with E-state index in [9.17, 15) is 19.5 Å². The Balaban J connectivity index is 1.40. The van der Waals surface area contributed by atoms with Gasteiger partial charge in [0.05, 0.1) is 6.54 Å². The van der Waals surface area contributed by atoms with E-state index in [4.69, 9.17) is 5.73 Å². The molecule has 3 fully saturated rings. The summed E-state index contributed by atoms with van der Waals surface area (Å²) in [6.45, 7) is 4.07. The number of nitrogens with zero attached hydrogens (tertiary/aromatic N) is 1. The van der Waals surface area contributed by atoms with Gasteiger partial charge in [-0.3, -0.25) is 19.3 Å². The second-order valence-corrected chi connectivity index (χ2v) is 11.2. The molecule has 0 bridgehead atoms. The third-order valence-electron chi connectivity index (χ3n) is 8.88. The maximum Gasteiger partial charge on any atom is 0.261 e. The molecule has 1 saturated heterocycles. The fourth-order valence-corrected chi connectivity index (χ4v) is 7.24. The van der Waals surface area contributed by atoms with Crippen molar-refractivity contribution in [3.05, 3.63) is 62.6 Å². The van der Waals surface area contributed by atoms with E-state index >= 15 is 0 Å². The van der Waals surface area contributed by atoms with Crippen LogP contribution in [0.1, 0.15) is 52.0 Å². The van der Waals surface area contributed by atoms with E-state index in [0.29, 0.717) is 24.3 Å². The molecule has 0 radical (unpaired) electrons. The molecule has 1 unspecified atom stereocenters. The number of phenolic OH excluding ortho intramolecular Hbond substituents is 1. The number of nitrogens with two attached hydrogens (primary N) is 1. The zero-order valence-electron chi connectivity index (χ0n) is 20.0. The van der Waals surface area contributed by atoms with Gasteiger partial charge in [0.25, 0.3) is 11.5 Å². The Morgan fingerprint density at radius 2 is 2.09 bits per heavy atom. The van der Waals surface area contributed by atoms with Crippen molar-refractivity contribution in [1.29, 1.82) is 0 Å². The Labute approximate surface area is 203 Å². The fourth-order valence-electron chi connectivity index (χ4n) is 7.24. The number of rotatable bonds is 6. The summed E-state index contributed by atoms with van der Waals surface area (Å²) in [5, 5.41) is 12.8. The molecule has 8 heteroatoms. The molecule has 5 N–H and O–H groups in total. The molecule has 2 amide bonds. The standard InChI is InChI=1S/C27H32N4O4/c1-14-2-5-18(32)8-20(14)27-9-17-13-31(12-15-3-4-15)24(17)21(27)7-16-6-19(25(34)29-11-23(28)33)26(35)30-22(16)10-27/h2,5-6,8,15,17,21,24,32H,3-4,7,9-13H2,1H3,(H2,28,33)(H,29,34)(H,30,35)/t17?,21-,24+,27+/m0/s1. The molecule has 1 aliphatic heterocycles. The van der Waals surface area contributed by atoms with Gasteiger partial charge in [-0.25, -0.2) is 0 Å². The number of aromatic hydroxyl groups is 1. The van der Waals surface area contributed by atoms with Gasteiger partial charge in [-0.15, -0.1) is 0 Å². The number of aromatic nitrogens is 1. The van der Waals surface area contributed by atoms with Crippen LogP contribution in [0, 0.1) is 24.7 Å². The third kappa shape index (κ3) is 3.66. The Morgan fingerprint density at radius 1 is 1.29 bits per heavy atom. The van der Waals surface area contributed by atoms with Crippen LogP contribution in [-0.2, 0) is 23.1 Å². The number of aryl methyl sites for hydroxylation is 1. The number of primary amides is 1. The monoisotopic (exact) mass is 476 g/mol. The third-order valence-corrected chi connectivity index (χ3v) is 8.88. The van der Waals surface area contributed by atoms with Gasteiger partial charge in [-0.1, -0.05) is 6.07 Å². The first-order chi connectivity index (χ1) is 16.7. The number of likely N-dealkylation sites (tertiary alicyclic amines) is 1. The van der Waals surface area contributed by atoms with Crippen LogP contribution in [-0.4, -0.2) is 52.5 Å². The lowest BCUT2D eigenvalue weighted by Crippen LogP contribution is -2.58. The van der Waals surface area contributed by atoms with Gasteiger partial charge in [0.1, 0.15) is 11.3 Å². The van der Waals surface area contributed by atoms with Crippen LogP contribution in [0.25, 0.3) is 0 Å². The average Bonchev–Trinajstić information content (AvgIpc) is 3.58. The van der Waals surface area contributed by atoms with Crippen molar-refractivity contribution in [3.8, 4) is 5.75 Å². The van der Waals surface area contributed by atoms with E-state index in [1.54, 1.807) is 12.1 Å². The van der Waals surface area contributed by atoms with Crippen LogP contribution in [0.4, 0.5) is 0 Å². The summed E-state index contributed by atoms with van der Waals surface area (Å²) in [5.74, 6) is 0.781. The van der Waals surface area contributed by atoms with Gasteiger partial charge in [-0.05, 0) is 91.7 Å². The van der Waals surface area contributed by atoms with Crippen molar-refractivity contribution >= 4 is 11.8 Å². The van der Waals surface area contributed by atoms with Crippen LogP contribution in [0.15, 0.2) is 29.1 Å². The van der Waals surface area contributed by atoms with Crippen molar-refractivity contribution in [1.82, 2.24) is 15.2 Å². The van der Waals surface area contributed by atoms with Gasteiger partial charge in [0.15, 0.2) is 0 Å². The molecule has 184 valence electrons. The number of aromatic amines is 1. The summed E-state index contributed by atoms with van der Waals surface area (Å²) in [6, 6.07) is 7.84. The molecule has 1 aromatic heterocycles. The highest BCUT2D eigenvalue weighted by Crippen LogP contribution is 2.60. The summed E-state index contributed by atoms with van der Waals surface area (Å²) < 4.78 is 0. The Kier molecular flexibility index (Phi) is 5.07. The maximum atomic E-state index is 12.9. The zero-order valence-corrected chi connectivity index (χ0v) is 20.0. The van der Waals surface area contributed by atoms with Gasteiger partial charge in [0.2, 0.25) is 5.91 Å². The van der Waals surface area contributed by atoms with E-state index in [1.807, 2.05) is 12.1 Å². The zero-order chi connectivity index (χ0) is 24.5. The first-order valence-electron chi connectivity index (χ1n) is 12.6. The number of hydrogen-bond donors (Lipinski definition) is 4. The second-order valence-electron chi connectivity index (χ2n) is 11.2. The topological polar surface area (TPSA) is 129 Å². The van der Waals surface area contributed by atoms with E-state index in [0.717, 1.165) is 48.7 Å². The molecule has 0 spiro atoms. The minimum absolute atomic E-state index is 0.0176. The largest absolute Gasteiger partial charge is 0.508 e. The Morgan fingerprint density at radius 3 is 2.83 bits per heavy atom. The lowest BCUT2D eigenvalue weighted by atomic mass is 9.62. The van der Waals surface area contributed by atoms with E-state index in [-0.39, 0.29) is 23.3 Å². The summed E-state index contributed by atoms with van der Waals surface area (Å²) in [4.78, 5) is 42.2. The molecule has 1 aromatic carbocycles. The molecule has 2 aromatic rings. The van der Waals surface area contributed by atoms with Crippen molar-refractivity contribution < 1.29 is 14.7 Å². The van der Waals surface area contributed by atoms with Crippen molar-refractivity contribution in [2.45, 2.75) is 50.5 Å². The molecule has 3 aliphatic carbocycles. The molecule has 6 rings (SSSR count). The molecule has 2 saturated carbocycles. The van der Waals surface area contributed by atoms with Crippen LogP contribution in [0.2, 0.25) is 0 Å². The first kappa shape index (κ1) is 22.3. The van der Waals surface area contributed by atoms with E-state index in [1.165, 1.54) is 18.4 Å². The molecule has 35 heavy (non-hydrogen) atoms. The first-order valence-corrected chi connectivity index (χ1v) is 12.6. The number of hydrogen-bond acceptors (Lipinski definition) is 5. The van der Waals surface area contributed by atoms with Gasteiger partial charge < -0.3 is 21.1 Å². The summed E-state index contributed by atoms with van der Waals surface area (Å²) >= 11 is 0. The number of fused-ring (bicyclic) bond motifs is 4. The van der Waals surface area contributed by atoms with E-state index < -0.39 is 17.4 Å². The van der Waals surface area contributed by atoms with Crippen molar-refractivity contribution in [2.75, 3.05) is 19.6 Å². The molecule has 4 aliphatic rings. The number of phenols is 1. The number of amides is 2. The molecule has 8 nitrogen and oxygen atoms in total. The minimum atomic E-state index is -0.656. The highest BCUT2D eigenvalue weighted by Gasteiger charge is 2.62.